The second-order valence-electron chi connectivity index (χ2n) is 4.96. The Morgan fingerprint density at radius 3 is 2.65 bits per heavy atom. The molecule has 0 aliphatic carbocycles. The van der Waals surface area contributed by atoms with Crippen LogP contribution in [0.1, 0.15) is 18.9 Å². The van der Waals surface area contributed by atoms with Gasteiger partial charge in [-0.1, -0.05) is 12.1 Å². The van der Waals surface area contributed by atoms with Crippen molar-refractivity contribution in [1.29, 1.82) is 0 Å². The van der Waals surface area contributed by atoms with Crippen LogP contribution in [0.3, 0.4) is 0 Å². The lowest BCUT2D eigenvalue weighted by molar-refractivity contribution is 0.0640. The summed E-state index contributed by atoms with van der Waals surface area (Å²) in [5, 5.41) is 3.26. The van der Waals surface area contributed by atoms with E-state index in [1.807, 2.05) is 19.2 Å². The van der Waals surface area contributed by atoms with Crippen molar-refractivity contribution in [3.05, 3.63) is 35.6 Å². The minimum atomic E-state index is -0.174. The molecule has 0 radical (unpaired) electrons. The molecule has 1 aromatic carbocycles. The molecule has 1 fully saturated rings. The van der Waals surface area contributed by atoms with Gasteiger partial charge in [0.1, 0.15) is 5.82 Å². The topological polar surface area (TPSA) is 21.3 Å². The molecule has 0 amide bonds. The Labute approximate surface area is 102 Å². The van der Waals surface area contributed by atoms with Gasteiger partial charge in [-0.25, -0.2) is 4.39 Å². The van der Waals surface area contributed by atoms with Crippen molar-refractivity contribution in [3.63, 3.8) is 0 Å². The number of benzene rings is 1. The molecule has 0 saturated carbocycles. The van der Waals surface area contributed by atoms with Crippen LogP contribution in [0.4, 0.5) is 4.39 Å². The Morgan fingerprint density at radius 1 is 1.41 bits per heavy atom. The van der Waals surface area contributed by atoms with Gasteiger partial charge in [0.25, 0.3) is 0 Å². The van der Waals surface area contributed by atoms with Gasteiger partial charge < -0.3 is 10.1 Å². The molecule has 2 rings (SSSR count). The van der Waals surface area contributed by atoms with Crippen molar-refractivity contribution >= 4 is 0 Å². The molecule has 0 aromatic heterocycles. The average molecular weight is 237 g/mol. The highest BCUT2D eigenvalue weighted by Gasteiger charge is 2.40. The quantitative estimate of drug-likeness (QED) is 0.868. The first-order valence-corrected chi connectivity index (χ1v) is 6.17. The second-order valence-corrected chi connectivity index (χ2v) is 4.96. The summed E-state index contributed by atoms with van der Waals surface area (Å²) in [5.74, 6) is -0.174. The summed E-state index contributed by atoms with van der Waals surface area (Å²) >= 11 is 0. The van der Waals surface area contributed by atoms with Crippen LogP contribution in [0.15, 0.2) is 24.3 Å². The van der Waals surface area contributed by atoms with E-state index in [0.29, 0.717) is 0 Å². The van der Waals surface area contributed by atoms with Gasteiger partial charge in [-0.15, -0.1) is 0 Å². The molecule has 1 heterocycles. The molecule has 1 N–H and O–H groups in total. The first kappa shape index (κ1) is 12.5. The Morgan fingerprint density at radius 2 is 2.12 bits per heavy atom. The van der Waals surface area contributed by atoms with Gasteiger partial charge in [-0.05, 0) is 44.5 Å². The lowest BCUT2D eigenvalue weighted by Gasteiger charge is -2.32. The molecular formula is C14H20FNO. The van der Waals surface area contributed by atoms with Crippen LogP contribution in [0.5, 0.6) is 0 Å². The summed E-state index contributed by atoms with van der Waals surface area (Å²) in [5.41, 5.74) is 1.33. The average Bonchev–Trinajstić information content (AvgIpc) is 2.65. The zero-order chi connectivity index (χ0) is 12.3. The number of rotatable bonds is 4. The van der Waals surface area contributed by atoms with E-state index in [4.69, 9.17) is 4.74 Å². The number of hydrogen-bond donors (Lipinski definition) is 1. The molecule has 17 heavy (non-hydrogen) atoms. The summed E-state index contributed by atoms with van der Waals surface area (Å²) < 4.78 is 18.6. The van der Waals surface area contributed by atoms with Gasteiger partial charge in [0.05, 0.1) is 6.10 Å². The van der Waals surface area contributed by atoms with Crippen LogP contribution in [-0.2, 0) is 11.2 Å². The molecule has 0 spiro atoms. The number of nitrogens with one attached hydrogen (secondary N) is 1. The van der Waals surface area contributed by atoms with Crippen molar-refractivity contribution in [2.24, 2.45) is 5.41 Å². The highest BCUT2D eigenvalue weighted by molar-refractivity contribution is 5.19. The third kappa shape index (κ3) is 2.67. The van der Waals surface area contributed by atoms with E-state index >= 15 is 0 Å². The molecule has 2 unspecified atom stereocenters. The largest absolute Gasteiger partial charge is 0.378 e. The van der Waals surface area contributed by atoms with Crippen LogP contribution < -0.4 is 5.32 Å². The Kier molecular flexibility index (Phi) is 3.79. The summed E-state index contributed by atoms with van der Waals surface area (Å²) in [6.07, 6.45) is 2.25. The second kappa shape index (κ2) is 5.15. The van der Waals surface area contributed by atoms with E-state index in [1.54, 1.807) is 0 Å². The first-order chi connectivity index (χ1) is 8.16. The van der Waals surface area contributed by atoms with E-state index in [-0.39, 0.29) is 17.3 Å². The fraction of sp³-hybridized carbons (Fsp3) is 0.571. The van der Waals surface area contributed by atoms with Gasteiger partial charge >= 0.3 is 0 Å². The maximum absolute atomic E-state index is 12.9. The number of halogens is 1. The maximum Gasteiger partial charge on any atom is 0.123 e. The van der Waals surface area contributed by atoms with E-state index in [1.165, 1.54) is 17.7 Å². The lowest BCUT2D eigenvalue weighted by atomic mass is 9.76. The van der Waals surface area contributed by atoms with Crippen LogP contribution in [0.2, 0.25) is 0 Å². The van der Waals surface area contributed by atoms with Crippen LogP contribution in [0, 0.1) is 11.2 Å². The summed E-state index contributed by atoms with van der Waals surface area (Å²) in [6, 6.07) is 6.81. The fourth-order valence-electron chi connectivity index (χ4n) is 2.71. The summed E-state index contributed by atoms with van der Waals surface area (Å²) in [7, 11) is 1.97. The highest BCUT2D eigenvalue weighted by atomic mass is 19.1. The Bertz CT molecular complexity index is 365. The fourth-order valence-corrected chi connectivity index (χ4v) is 2.71. The van der Waals surface area contributed by atoms with E-state index in [2.05, 4.69) is 12.2 Å². The molecule has 1 aliphatic heterocycles. The molecule has 1 aromatic rings. The highest BCUT2D eigenvalue weighted by Crippen LogP contribution is 2.37. The molecule has 2 nitrogen and oxygen atoms in total. The van der Waals surface area contributed by atoms with Crippen LogP contribution in [0.25, 0.3) is 0 Å². The molecule has 94 valence electrons. The predicted octanol–water partition coefficient (Wildman–Crippen LogP) is 2.38. The molecule has 2 atom stereocenters. The summed E-state index contributed by atoms with van der Waals surface area (Å²) in [6.45, 7) is 3.89. The van der Waals surface area contributed by atoms with Gasteiger partial charge in [0, 0.05) is 18.6 Å². The van der Waals surface area contributed by atoms with Gasteiger partial charge in [0.15, 0.2) is 0 Å². The van der Waals surface area contributed by atoms with Crippen molar-refractivity contribution in [3.8, 4) is 0 Å². The van der Waals surface area contributed by atoms with Gasteiger partial charge in [-0.3, -0.25) is 0 Å². The third-order valence-electron chi connectivity index (χ3n) is 3.83. The standard InChI is InChI=1S/C14H20FNO/c1-11-14(10-16-2,7-8-17-11)9-12-3-5-13(15)6-4-12/h3-6,11,16H,7-10H2,1-2H3. The first-order valence-electron chi connectivity index (χ1n) is 6.17. The summed E-state index contributed by atoms with van der Waals surface area (Å²) in [4.78, 5) is 0. The minimum Gasteiger partial charge on any atom is -0.378 e. The van der Waals surface area contributed by atoms with Crippen LogP contribution in [-0.4, -0.2) is 26.3 Å². The normalized spacial score (nSPS) is 28.5. The van der Waals surface area contributed by atoms with E-state index in [9.17, 15) is 4.39 Å². The van der Waals surface area contributed by atoms with E-state index < -0.39 is 0 Å². The van der Waals surface area contributed by atoms with Gasteiger partial charge in [-0.2, -0.15) is 0 Å². The van der Waals surface area contributed by atoms with Crippen molar-refractivity contribution < 1.29 is 9.13 Å². The predicted molar refractivity (Wildman–Crippen MR) is 66.5 cm³/mol. The van der Waals surface area contributed by atoms with E-state index in [0.717, 1.165) is 26.0 Å². The number of ether oxygens (including phenoxy) is 1. The SMILES string of the molecule is CNCC1(Cc2ccc(F)cc2)CCOC1C. The molecule has 1 aliphatic rings. The van der Waals surface area contributed by atoms with Crippen molar-refractivity contribution in [1.82, 2.24) is 5.32 Å². The Balaban J connectivity index is 2.15. The van der Waals surface area contributed by atoms with Crippen molar-refractivity contribution in [2.45, 2.75) is 25.9 Å². The minimum absolute atomic E-state index is 0.145. The Hall–Kier alpha value is -0.930. The maximum atomic E-state index is 12.9. The molecule has 1 saturated heterocycles. The lowest BCUT2D eigenvalue weighted by Crippen LogP contribution is -2.40. The zero-order valence-electron chi connectivity index (χ0n) is 10.5. The molecule has 3 heteroatoms. The monoisotopic (exact) mass is 237 g/mol. The zero-order valence-corrected chi connectivity index (χ0v) is 10.5. The molecular weight excluding hydrogens is 217 g/mol. The smallest absolute Gasteiger partial charge is 0.123 e. The third-order valence-corrected chi connectivity index (χ3v) is 3.83. The molecule has 0 bridgehead atoms. The van der Waals surface area contributed by atoms with Crippen LogP contribution >= 0.6 is 0 Å². The van der Waals surface area contributed by atoms with Crippen molar-refractivity contribution in [2.75, 3.05) is 20.2 Å². The van der Waals surface area contributed by atoms with Gasteiger partial charge in [0.2, 0.25) is 0 Å². The number of hydrogen-bond acceptors (Lipinski definition) is 2.